The number of rotatable bonds is 7. The van der Waals surface area contributed by atoms with Crippen molar-refractivity contribution in [3.8, 4) is 0 Å². The number of hydrogen-bond acceptors (Lipinski definition) is 6. The van der Waals surface area contributed by atoms with Crippen molar-refractivity contribution in [3.05, 3.63) is 63.7 Å². The molecule has 1 aliphatic rings. The molecule has 2 aromatic heterocycles. The van der Waals surface area contributed by atoms with Crippen LogP contribution in [-0.2, 0) is 33.3 Å². The van der Waals surface area contributed by atoms with Crippen LogP contribution in [0.15, 0.2) is 41.8 Å². The Hall–Kier alpha value is -2.93. The first-order valence-corrected chi connectivity index (χ1v) is 13.4. The first kappa shape index (κ1) is 25.2. The SMILES string of the molecule is Cc1cc(C(F)(F)F)nn1CC(=O)N1CCC(c2nc(NS(=O)(=O)Cc3ccccc3)cs2)CC1. The van der Waals surface area contributed by atoms with Crippen LogP contribution in [-0.4, -0.2) is 47.1 Å². The van der Waals surface area contributed by atoms with Crippen LogP contribution in [0.25, 0.3) is 0 Å². The van der Waals surface area contributed by atoms with Crippen molar-refractivity contribution < 1.29 is 26.4 Å². The average molecular weight is 528 g/mol. The van der Waals surface area contributed by atoms with E-state index in [0.717, 1.165) is 15.8 Å². The van der Waals surface area contributed by atoms with E-state index in [1.165, 1.54) is 18.3 Å². The van der Waals surface area contributed by atoms with Gasteiger partial charge in [0.15, 0.2) is 11.5 Å². The zero-order valence-corrected chi connectivity index (χ0v) is 20.5. The Morgan fingerprint density at radius 1 is 1.20 bits per heavy atom. The third kappa shape index (κ3) is 6.40. The molecule has 188 valence electrons. The Kier molecular flexibility index (Phi) is 7.17. The highest BCUT2D eigenvalue weighted by Crippen LogP contribution is 2.32. The summed E-state index contributed by atoms with van der Waals surface area (Å²) in [4.78, 5) is 18.7. The van der Waals surface area contributed by atoms with Crippen LogP contribution in [0.1, 0.15) is 40.7 Å². The van der Waals surface area contributed by atoms with Gasteiger partial charge in [0.1, 0.15) is 6.54 Å². The topological polar surface area (TPSA) is 97.2 Å². The molecule has 1 amide bonds. The number of likely N-dealkylation sites (tertiary alicyclic amines) is 1. The highest BCUT2D eigenvalue weighted by molar-refractivity contribution is 7.91. The quantitative estimate of drug-likeness (QED) is 0.501. The molecule has 1 saturated heterocycles. The Balaban J connectivity index is 1.31. The van der Waals surface area contributed by atoms with Crippen molar-refractivity contribution in [2.24, 2.45) is 0 Å². The summed E-state index contributed by atoms with van der Waals surface area (Å²) in [5, 5.41) is 5.96. The summed E-state index contributed by atoms with van der Waals surface area (Å²) in [5.74, 6) is -0.105. The molecule has 0 bridgehead atoms. The van der Waals surface area contributed by atoms with Crippen molar-refractivity contribution in [3.63, 3.8) is 0 Å². The largest absolute Gasteiger partial charge is 0.435 e. The number of halogens is 3. The zero-order chi connectivity index (χ0) is 25.2. The summed E-state index contributed by atoms with van der Waals surface area (Å²) >= 11 is 1.36. The number of carbonyl (C=O) groups excluding carboxylic acids is 1. The minimum Gasteiger partial charge on any atom is -0.341 e. The number of anilines is 1. The minimum absolute atomic E-state index is 0.0692. The van der Waals surface area contributed by atoms with Gasteiger partial charge in [-0.25, -0.2) is 13.4 Å². The van der Waals surface area contributed by atoms with E-state index in [-0.39, 0.29) is 35.6 Å². The van der Waals surface area contributed by atoms with Gasteiger partial charge in [0.05, 0.1) is 10.8 Å². The van der Waals surface area contributed by atoms with Crippen LogP contribution >= 0.6 is 11.3 Å². The van der Waals surface area contributed by atoms with E-state index in [1.807, 2.05) is 6.07 Å². The van der Waals surface area contributed by atoms with Gasteiger partial charge in [0, 0.05) is 30.1 Å². The first-order chi connectivity index (χ1) is 16.5. The molecule has 8 nitrogen and oxygen atoms in total. The van der Waals surface area contributed by atoms with Crippen molar-refractivity contribution in [1.82, 2.24) is 19.7 Å². The van der Waals surface area contributed by atoms with Crippen LogP contribution in [0.3, 0.4) is 0 Å². The number of aryl methyl sites for hydroxylation is 1. The summed E-state index contributed by atoms with van der Waals surface area (Å²) in [6.07, 6.45) is -3.30. The molecule has 3 aromatic rings. The van der Waals surface area contributed by atoms with Gasteiger partial charge in [-0.1, -0.05) is 30.3 Å². The second-order valence-corrected chi connectivity index (χ2v) is 11.0. The van der Waals surface area contributed by atoms with Crippen LogP contribution in [0.2, 0.25) is 0 Å². The Morgan fingerprint density at radius 2 is 1.89 bits per heavy atom. The van der Waals surface area contributed by atoms with Gasteiger partial charge < -0.3 is 4.90 Å². The second kappa shape index (κ2) is 9.97. The lowest BCUT2D eigenvalue weighted by molar-refractivity contribution is -0.142. The van der Waals surface area contributed by atoms with Gasteiger partial charge >= 0.3 is 6.18 Å². The highest BCUT2D eigenvalue weighted by Gasteiger charge is 2.35. The molecule has 35 heavy (non-hydrogen) atoms. The predicted molar refractivity (Wildman–Crippen MR) is 125 cm³/mol. The molecule has 0 aliphatic carbocycles. The molecule has 4 rings (SSSR count). The van der Waals surface area contributed by atoms with Gasteiger partial charge in [-0.15, -0.1) is 11.3 Å². The molecule has 0 atom stereocenters. The molecule has 1 aromatic carbocycles. The van der Waals surface area contributed by atoms with Gasteiger partial charge in [0.25, 0.3) is 0 Å². The maximum Gasteiger partial charge on any atom is 0.435 e. The number of piperidine rings is 1. The molecule has 0 saturated carbocycles. The number of aromatic nitrogens is 3. The lowest BCUT2D eigenvalue weighted by Gasteiger charge is -2.31. The predicted octanol–water partition coefficient (Wildman–Crippen LogP) is 4.01. The number of alkyl halides is 3. The fourth-order valence-corrected chi connectivity index (χ4v) is 6.05. The van der Waals surface area contributed by atoms with Gasteiger partial charge in [0.2, 0.25) is 15.9 Å². The number of sulfonamides is 1. The second-order valence-electron chi connectivity index (χ2n) is 8.40. The van der Waals surface area contributed by atoms with Crippen LogP contribution in [0.4, 0.5) is 19.0 Å². The van der Waals surface area contributed by atoms with Crippen LogP contribution in [0.5, 0.6) is 0 Å². The van der Waals surface area contributed by atoms with Gasteiger partial charge in [-0.3, -0.25) is 14.2 Å². The molecule has 1 aliphatic heterocycles. The Bertz CT molecular complexity index is 1280. The molecular weight excluding hydrogens is 503 g/mol. The average Bonchev–Trinajstić information content (AvgIpc) is 3.40. The van der Waals surface area contributed by atoms with E-state index in [0.29, 0.717) is 31.5 Å². The number of benzene rings is 1. The summed E-state index contributed by atoms with van der Waals surface area (Å²) in [5.41, 5.74) is -0.0708. The van der Waals surface area contributed by atoms with E-state index in [1.54, 1.807) is 34.5 Å². The highest BCUT2D eigenvalue weighted by atomic mass is 32.2. The van der Waals surface area contributed by atoms with Crippen molar-refractivity contribution >= 4 is 33.1 Å². The molecule has 0 spiro atoms. The molecule has 1 N–H and O–H groups in total. The van der Waals surface area contributed by atoms with Crippen LogP contribution < -0.4 is 4.72 Å². The van der Waals surface area contributed by atoms with Crippen molar-refractivity contribution in [2.45, 2.75) is 44.2 Å². The van der Waals surface area contributed by atoms with E-state index in [2.05, 4.69) is 14.8 Å². The number of thiazole rings is 1. The standard InChI is InChI=1S/C22H24F3N5O3S2/c1-15-11-18(22(23,24)25)27-30(15)12-20(31)29-9-7-17(8-10-29)21-26-19(13-34-21)28-35(32,33)14-16-5-3-2-4-6-16/h2-6,11,13,17,28H,7-10,12,14H2,1H3. The Labute approximate surface area is 204 Å². The molecule has 0 radical (unpaired) electrons. The number of nitrogens with one attached hydrogen (secondary N) is 1. The monoisotopic (exact) mass is 527 g/mol. The maximum atomic E-state index is 12.9. The number of amides is 1. The summed E-state index contributed by atoms with van der Waals surface area (Å²) in [6, 6.07) is 9.77. The fraction of sp³-hybridized carbons (Fsp3) is 0.409. The van der Waals surface area contributed by atoms with Crippen molar-refractivity contribution in [1.29, 1.82) is 0 Å². The van der Waals surface area contributed by atoms with Crippen molar-refractivity contribution in [2.75, 3.05) is 17.8 Å². The van der Waals surface area contributed by atoms with Crippen LogP contribution in [0, 0.1) is 6.92 Å². The van der Waals surface area contributed by atoms with Gasteiger partial charge in [-0.2, -0.15) is 18.3 Å². The summed E-state index contributed by atoms with van der Waals surface area (Å²) in [7, 11) is -3.60. The smallest absolute Gasteiger partial charge is 0.341 e. The van der Waals surface area contributed by atoms with E-state index in [9.17, 15) is 26.4 Å². The lowest BCUT2D eigenvalue weighted by Crippen LogP contribution is -2.40. The van der Waals surface area contributed by atoms with E-state index >= 15 is 0 Å². The minimum atomic E-state index is -4.56. The summed E-state index contributed by atoms with van der Waals surface area (Å²) in [6.45, 7) is 2.10. The number of nitrogens with zero attached hydrogens (tertiary/aromatic N) is 4. The fourth-order valence-electron chi connectivity index (χ4n) is 3.92. The summed E-state index contributed by atoms with van der Waals surface area (Å²) < 4.78 is 67.0. The third-order valence-corrected chi connectivity index (χ3v) is 7.98. The number of hydrogen-bond donors (Lipinski definition) is 1. The zero-order valence-electron chi connectivity index (χ0n) is 18.8. The Morgan fingerprint density at radius 3 is 2.51 bits per heavy atom. The molecule has 0 unspecified atom stereocenters. The third-order valence-electron chi connectivity index (χ3n) is 5.74. The molecule has 1 fully saturated rings. The maximum absolute atomic E-state index is 12.9. The number of carbonyl (C=O) groups is 1. The molecular formula is C22H24F3N5O3S2. The molecule has 3 heterocycles. The van der Waals surface area contributed by atoms with Gasteiger partial charge in [-0.05, 0) is 31.4 Å². The van der Waals surface area contributed by atoms with E-state index in [4.69, 9.17) is 0 Å². The van der Waals surface area contributed by atoms with E-state index < -0.39 is 21.9 Å². The molecule has 13 heteroatoms. The lowest BCUT2D eigenvalue weighted by atomic mass is 9.97. The normalized spacial score (nSPS) is 15.4. The first-order valence-electron chi connectivity index (χ1n) is 10.9.